The summed E-state index contributed by atoms with van der Waals surface area (Å²) in [6.07, 6.45) is -0.968. The van der Waals surface area contributed by atoms with Crippen molar-refractivity contribution in [2.45, 2.75) is 31.7 Å². The Morgan fingerprint density at radius 3 is 2.58 bits per heavy atom. The molecule has 1 aliphatic carbocycles. The summed E-state index contributed by atoms with van der Waals surface area (Å²) in [5.74, 6) is -1.83. The number of amides is 1. The van der Waals surface area contributed by atoms with Gasteiger partial charge in [0.25, 0.3) is 17.9 Å². The van der Waals surface area contributed by atoms with Crippen molar-refractivity contribution in [3.8, 4) is 0 Å². The first kappa shape index (κ1) is 21.2. The van der Waals surface area contributed by atoms with Crippen molar-refractivity contribution in [3.63, 3.8) is 0 Å². The van der Waals surface area contributed by atoms with Crippen LogP contribution >= 0.6 is 0 Å². The second-order valence-electron chi connectivity index (χ2n) is 8.30. The lowest BCUT2D eigenvalue weighted by Crippen LogP contribution is -2.34. The molecule has 2 aromatic carbocycles. The first-order chi connectivity index (χ1) is 15.7. The van der Waals surface area contributed by atoms with Crippen LogP contribution in [0.1, 0.15) is 52.6 Å². The smallest absolute Gasteiger partial charge is 0.270 e. The minimum Gasteiger partial charge on any atom is -0.350 e. The van der Waals surface area contributed by atoms with E-state index in [0.29, 0.717) is 30.3 Å². The van der Waals surface area contributed by atoms with Crippen LogP contribution in [0.2, 0.25) is 0 Å². The first-order valence-corrected chi connectivity index (χ1v) is 10.5. The maximum absolute atomic E-state index is 13.8. The van der Waals surface area contributed by atoms with Gasteiger partial charge in [-0.15, -0.1) is 0 Å². The third-order valence-corrected chi connectivity index (χ3v) is 6.33. The zero-order valence-electron chi connectivity index (χ0n) is 17.5. The van der Waals surface area contributed by atoms with E-state index in [9.17, 15) is 27.2 Å². The van der Waals surface area contributed by atoms with Crippen LogP contribution < -0.4 is 5.56 Å². The molecule has 0 radical (unpaired) electrons. The van der Waals surface area contributed by atoms with Crippen LogP contribution in [0.25, 0.3) is 21.7 Å². The first-order valence-electron chi connectivity index (χ1n) is 10.5. The number of pyridine rings is 1. The molecule has 1 atom stereocenters. The van der Waals surface area contributed by atoms with Crippen LogP contribution in [-0.4, -0.2) is 27.8 Å². The van der Waals surface area contributed by atoms with E-state index in [1.807, 2.05) is 0 Å². The number of carbonyl (C=O) groups excluding carboxylic acids is 1. The number of halogens is 4. The largest absolute Gasteiger partial charge is 0.350 e. The third kappa shape index (κ3) is 3.48. The average Bonchev–Trinajstić information content (AvgIpc) is 3.21. The Morgan fingerprint density at radius 2 is 1.82 bits per heavy atom. The number of hydrogen-bond acceptors (Lipinski definition) is 2. The van der Waals surface area contributed by atoms with Gasteiger partial charge in [-0.05, 0) is 55.0 Å². The summed E-state index contributed by atoms with van der Waals surface area (Å²) in [7, 11) is 1.59. The number of rotatable bonds is 3. The van der Waals surface area contributed by atoms with Crippen molar-refractivity contribution in [2.75, 3.05) is 7.05 Å². The minimum absolute atomic E-state index is 0.0481. The molecule has 5 nitrogen and oxygen atoms in total. The Morgan fingerprint density at radius 1 is 1.03 bits per heavy atom. The Kier molecular flexibility index (Phi) is 4.99. The van der Waals surface area contributed by atoms with Crippen molar-refractivity contribution < 1.29 is 22.4 Å². The summed E-state index contributed by atoms with van der Waals surface area (Å²) in [4.78, 5) is 32.8. The van der Waals surface area contributed by atoms with Crippen LogP contribution in [-0.2, 0) is 6.42 Å². The van der Waals surface area contributed by atoms with Crippen LogP contribution in [0, 0.1) is 11.6 Å². The molecule has 0 saturated carbocycles. The van der Waals surface area contributed by atoms with E-state index in [-0.39, 0.29) is 22.0 Å². The number of aromatic nitrogens is 2. The molecule has 0 fully saturated rings. The van der Waals surface area contributed by atoms with E-state index in [1.165, 1.54) is 29.2 Å². The molecule has 0 aliphatic heterocycles. The Hall–Kier alpha value is -3.62. The molecular weight excluding hydrogens is 438 g/mol. The highest BCUT2D eigenvalue weighted by Gasteiger charge is 2.31. The van der Waals surface area contributed by atoms with Gasteiger partial charge in [-0.25, -0.2) is 17.6 Å². The van der Waals surface area contributed by atoms with Crippen LogP contribution in [0.4, 0.5) is 17.6 Å². The van der Waals surface area contributed by atoms with Gasteiger partial charge in [0.05, 0.1) is 11.4 Å². The maximum atomic E-state index is 13.8. The molecule has 9 heteroatoms. The monoisotopic (exact) mass is 457 g/mol. The van der Waals surface area contributed by atoms with E-state index in [0.717, 1.165) is 17.7 Å². The van der Waals surface area contributed by atoms with Gasteiger partial charge < -0.3 is 14.9 Å². The molecule has 170 valence electrons. The second-order valence-corrected chi connectivity index (χ2v) is 8.30. The molecule has 2 heterocycles. The summed E-state index contributed by atoms with van der Waals surface area (Å²) >= 11 is 0. The Balaban J connectivity index is 1.59. The van der Waals surface area contributed by atoms with Gasteiger partial charge in [-0.2, -0.15) is 0 Å². The predicted molar refractivity (Wildman–Crippen MR) is 116 cm³/mol. The molecule has 1 unspecified atom stereocenters. The lowest BCUT2D eigenvalue weighted by atomic mass is 9.86. The standard InChI is InChI=1S/C24H19F4N3O2/c1-31(24(33)19-10-14-15(22(27)28)8-12(26)9-18(14)29-19)20-4-2-3-17-21(20)13-6-5-11(25)7-16(13)23(32)30-17/h5-10,20,22,29H,2-4H2,1H3,(H,30,32). The SMILES string of the molecule is CN(C(=O)c1cc2c(C(F)F)cc(F)cc2[nH]1)C1CCCc2[nH]c(=O)c3cc(F)ccc3c21. The minimum atomic E-state index is -2.89. The molecule has 4 aromatic rings. The molecule has 0 saturated heterocycles. The quantitative estimate of drug-likeness (QED) is 0.406. The zero-order valence-corrected chi connectivity index (χ0v) is 17.5. The summed E-state index contributed by atoms with van der Waals surface area (Å²) in [6, 6.07) is 6.69. The highest BCUT2D eigenvalue weighted by molar-refractivity contribution is 5.99. The van der Waals surface area contributed by atoms with Gasteiger partial charge in [0.1, 0.15) is 17.3 Å². The van der Waals surface area contributed by atoms with Gasteiger partial charge in [0.15, 0.2) is 0 Å². The van der Waals surface area contributed by atoms with Crippen molar-refractivity contribution in [1.29, 1.82) is 0 Å². The highest BCUT2D eigenvalue weighted by Crippen LogP contribution is 2.38. The molecule has 1 aliphatic rings. The summed E-state index contributed by atoms with van der Waals surface area (Å²) in [5, 5.41) is 0.847. The van der Waals surface area contributed by atoms with Gasteiger partial charge in [-0.3, -0.25) is 9.59 Å². The molecule has 5 rings (SSSR count). The van der Waals surface area contributed by atoms with Crippen molar-refractivity contribution in [3.05, 3.63) is 80.9 Å². The molecule has 2 N–H and O–H groups in total. The van der Waals surface area contributed by atoms with Gasteiger partial charge in [0, 0.05) is 34.8 Å². The fourth-order valence-corrected chi connectivity index (χ4v) is 4.81. The maximum Gasteiger partial charge on any atom is 0.270 e. The number of fused-ring (bicyclic) bond motifs is 4. The van der Waals surface area contributed by atoms with E-state index in [4.69, 9.17) is 0 Å². The van der Waals surface area contributed by atoms with Crippen LogP contribution in [0.15, 0.2) is 41.2 Å². The van der Waals surface area contributed by atoms with E-state index >= 15 is 0 Å². The summed E-state index contributed by atoms with van der Waals surface area (Å²) < 4.78 is 54.3. The van der Waals surface area contributed by atoms with Crippen LogP contribution in [0.3, 0.4) is 0 Å². The number of aryl methyl sites for hydroxylation is 1. The Labute approximate surface area is 185 Å². The van der Waals surface area contributed by atoms with Gasteiger partial charge in [0.2, 0.25) is 0 Å². The van der Waals surface area contributed by atoms with Crippen LogP contribution in [0.5, 0.6) is 0 Å². The lowest BCUT2D eigenvalue weighted by molar-refractivity contribution is 0.0710. The summed E-state index contributed by atoms with van der Waals surface area (Å²) in [5.41, 5.74) is 0.700. The number of nitrogens with zero attached hydrogens (tertiary/aromatic N) is 1. The molecular formula is C24H19F4N3O2. The lowest BCUT2D eigenvalue weighted by Gasteiger charge is -2.33. The summed E-state index contributed by atoms with van der Waals surface area (Å²) in [6.45, 7) is 0. The normalized spacial score (nSPS) is 15.9. The van der Waals surface area contributed by atoms with Crippen molar-refractivity contribution in [1.82, 2.24) is 14.9 Å². The number of alkyl halides is 2. The molecule has 2 aromatic heterocycles. The van der Waals surface area contributed by atoms with E-state index in [2.05, 4.69) is 9.97 Å². The number of carbonyl (C=O) groups is 1. The number of nitrogens with one attached hydrogen (secondary N) is 2. The number of H-pyrrole nitrogens is 2. The topological polar surface area (TPSA) is 69.0 Å². The number of hydrogen-bond donors (Lipinski definition) is 2. The fraction of sp³-hybridized carbons (Fsp3) is 0.250. The third-order valence-electron chi connectivity index (χ3n) is 6.33. The molecule has 33 heavy (non-hydrogen) atoms. The fourth-order valence-electron chi connectivity index (χ4n) is 4.81. The predicted octanol–water partition coefficient (Wildman–Crippen LogP) is 5.37. The zero-order chi connectivity index (χ0) is 23.4. The Bertz CT molecular complexity index is 1470. The molecule has 0 spiro atoms. The van der Waals surface area contributed by atoms with E-state index < -0.39 is 41.1 Å². The van der Waals surface area contributed by atoms with Crippen molar-refractivity contribution in [2.24, 2.45) is 0 Å². The highest BCUT2D eigenvalue weighted by atomic mass is 19.3. The average molecular weight is 457 g/mol. The number of aromatic amines is 2. The van der Waals surface area contributed by atoms with Gasteiger partial charge >= 0.3 is 0 Å². The van der Waals surface area contributed by atoms with E-state index in [1.54, 1.807) is 7.05 Å². The van der Waals surface area contributed by atoms with Crippen molar-refractivity contribution >= 4 is 27.6 Å². The molecule has 1 amide bonds. The molecule has 0 bridgehead atoms. The van der Waals surface area contributed by atoms with Gasteiger partial charge in [-0.1, -0.05) is 6.07 Å². The number of benzene rings is 2. The second kappa shape index (κ2) is 7.75.